The van der Waals surface area contributed by atoms with E-state index in [2.05, 4.69) is 0 Å². The molecule has 3 aromatic rings. The van der Waals surface area contributed by atoms with Crippen LogP contribution in [0.15, 0.2) is 58.4 Å². The Morgan fingerprint density at radius 2 is 1.88 bits per heavy atom. The highest BCUT2D eigenvalue weighted by molar-refractivity contribution is 7.98. The number of rotatable bonds is 1. The molecule has 10 heteroatoms. The predicted molar refractivity (Wildman–Crippen MR) is 120 cm³/mol. The van der Waals surface area contributed by atoms with Crippen LogP contribution >= 0.6 is 11.8 Å². The van der Waals surface area contributed by atoms with Gasteiger partial charge in [-0.15, -0.1) is 11.8 Å². The van der Waals surface area contributed by atoms with Crippen LogP contribution in [0.3, 0.4) is 0 Å². The predicted octanol–water partition coefficient (Wildman–Crippen LogP) is 2.98. The van der Waals surface area contributed by atoms with Gasteiger partial charge in [0.25, 0.3) is 5.91 Å². The van der Waals surface area contributed by atoms with Gasteiger partial charge in [0.1, 0.15) is 6.17 Å². The van der Waals surface area contributed by atoms with Crippen molar-refractivity contribution in [1.82, 2.24) is 9.58 Å². The fourth-order valence-corrected chi connectivity index (χ4v) is 6.10. The van der Waals surface area contributed by atoms with Crippen molar-refractivity contribution in [1.29, 1.82) is 0 Å². The van der Waals surface area contributed by atoms with E-state index >= 15 is 4.39 Å². The highest BCUT2D eigenvalue weighted by Crippen LogP contribution is 2.45. The van der Waals surface area contributed by atoms with E-state index in [1.54, 1.807) is 11.0 Å². The van der Waals surface area contributed by atoms with Gasteiger partial charge in [0.05, 0.1) is 19.3 Å². The number of pyridine rings is 1. The maximum Gasteiger partial charge on any atom is 0.278 e. The Labute approximate surface area is 197 Å². The Balaban J connectivity index is 1.67. The quantitative estimate of drug-likeness (QED) is 0.574. The second-order valence-corrected chi connectivity index (χ2v) is 9.33. The molecule has 1 aromatic heterocycles. The van der Waals surface area contributed by atoms with Crippen LogP contribution in [0.5, 0.6) is 5.75 Å². The Hall–Kier alpha value is -3.37. The zero-order chi connectivity index (χ0) is 23.6. The van der Waals surface area contributed by atoms with Crippen LogP contribution in [0.1, 0.15) is 33.2 Å². The molecule has 1 saturated heterocycles. The molecule has 0 saturated carbocycles. The summed E-state index contributed by atoms with van der Waals surface area (Å²) in [5.41, 5.74) is 0.778. The zero-order valence-electron chi connectivity index (χ0n) is 17.8. The van der Waals surface area contributed by atoms with Crippen LogP contribution in [0.2, 0.25) is 0 Å². The number of aromatic nitrogens is 1. The molecular formula is C24H19F2N3O4S. The summed E-state index contributed by atoms with van der Waals surface area (Å²) in [5.74, 6) is -2.74. The molecule has 0 bridgehead atoms. The molecule has 6 rings (SSSR count). The van der Waals surface area contributed by atoms with Crippen molar-refractivity contribution in [3.63, 3.8) is 0 Å². The fraction of sp³-hybridized carbons (Fsp3) is 0.250. The van der Waals surface area contributed by atoms with E-state index < -0.39 is 40.9 Å². The average molecular weight is 483 g/mol. The van der Waals surface area contributed by atoms with E-state index in [0.717, 1.165) is 16.5 Å². The molecule has 4 heterocycles. The summed E-state index contributed by atoms with van der Waals surface area (Å²) in [7, 11) is 0. The zero-order valence-corrected chi connectivity index (χ0v) is 18.6. The minimum Gasteiger partial charge on any atom is -0.502 e. The largest absolute Gasteiger partial charge is 0.502 e. The second kappa shape index (κ2) is 7.85. The van der Waals surface area contributed by atoms with Crippen LogP contribution in [0.25, 0.3) is 0 Å². The Kier molecular flexibility index (Phi) is 4.89. The molecule has 1 N–H and O–H groups in total. The van der Waals surface area contributed by atoms with E-state index in [1.807, 2.05) is 29.3 Å². The fourth-order valence-electron chi connectivity index (χ4n) is 4.98. The number of morpholine rings is 1. The standard InChI is InChI=1S/C24H19F2N3O4S/c25-16-6-5-13-15(20(16)26)12-34-18-4-2-1-3-14(18)21(13)29-19-11-33-10-9-27(19)24(32)22-23(31)17(30)7-8-28(22)29/h1-8,19,21,31H,9-12H2/t19-,21?/m1/s1. The van der Waals surface area contributed by atoms with Crippen molar-refractivity contribution in [2.24, 2.45) is 0 Å². The number of carbonyl (C=O) groups excluding carboxylic acids is 1. The van der Waals surface area contributed by atoms with Crippen molar-refractivity contribution in [3.8, 4) is 5.75 Å². The molecule has 174 valence electrons. The van der Waals surface area contributed by atoms with Crippen LogP contribution in [-0.2, 0) is 10.5 Å². The lowest BCUT2D eigenvalue weighted by Gasteiger charge is -2.51. The average Bonchev–Trinajstić information content (AvgIpc) is 3.01. The Bertz CT molecular complexity index is 1400. The summed E-state index contributed by atoms with van der Waals surface area (Å²) >= 11 is 1.41. The minimum absolute atomic E-state index is 0.163. The van der Waals surface area contributed by atoms with Crippen LogP contribution in [0.4, 0.5) is 8.78 Å². The first kappa shape index (κ1) is 21.2. The maximum atomic E-state index is 15.1. The summed E-state index contributed by atoms with van der Waals surface area (Å²) in [5, 5.41) is 12.4. The second-order valence-electron chi connectivity index (χ2n) is 8.31. The minimum atomic E-state index is -0.929. The normalized spacial score (nSPS) is 21.3. The van der Waals surface area contributed by atoms with Crippen LogP contribution in [0, 0.1) is 11.6 Å². The summed E-state index contributed by atoms with van der Waals surface area (Å²) < 4.78 is 36.5. The first-order valence-electron chi connectivity index (χ1n) is 10.8. The van der Waals surface area contributed by atoms with Gasteiger partial charge in [-0.3, -0.25) is 19.3 Å². The van der Waals surface area contributed by atoms with Gasteiger partial charge in [-0.25, -0.2) is 8.78 Å². The lowest BCUT2D eigenvalue weighted by atomic mass is 9.93. The van der Waals surface area contributed by atoms with Gasteiger partial charge < -0.3 is 14.7 Å². The van der Waals surface area contributed by atoms with Crippen molar-refractivity contribution >= 4 is 17.7 Å². The maximum absolute atomic E-state index is 15.1. The number of thioether (sulfide) groups is 1. The third-order valence-corrected chi connectivity index (χ3v) is 7.67. The number of fused-ring (bicyclic) bond motifs is 4. The van der Waals surface area contributed by atoms with Gasteiger partial charge in [-0.1, -0.05) is 24.3 Å². The first-order valence-corrected chi connectivity index (χ1v) is 11.8. The molecule has 0 spiro atoms. The van der Waals surface area contributed by atoms with E-state index in [9.17, 15) is 19.1 Å². The van der Waals surface area contributed by atoms with Gasteiger partial charge in [-0.2, -0.15) is 0 Å². The number of benzene rings is 2. The van der Waals surface area contributed by atoms with Crippen molar-refractivity contribution in [2.45, 2.75) is 22.9 Å². The molecule has 1 amide bonds. The molecular weight excluding hydrogens is 464 g/mol. The number of ether oxygens (including phenoxy) is 1. The highest BCUT2D eigenvalue weighted by atomic mass is 32.2. The van der Waals surface area contributed by atoms with Crippen molar-refractivity contribution < 1.29 is 23.4 Å². The molecule has 7 nitrogen and oxygen atoms in total. The van der Waals surface area contributed by atoms with Gasteiger partial charge >= 0.3 is 0 Å². The van der Waals surface area contributed by atoms with E-state index in [1.165, 1.54) is 28.7 Å². The van der Waals surface area contributed by atoms with E-state index in [4.69, 9.17) is 4.74 Å². The molecule has 34 heavy (non-hydrogen) atoms. The van der Waals surface area contributed by atoms with E-state index in [0.29, 0.717) is 12.2 Å². The molecule has 3 aliphatic rings. The number of amides is 1. The molecule has 3 aliphatic heterocycles. The van der Waals surface area contributed by atoms with Gasteiger partial charge in [0, 0.05) is 35.0 Å². The molecule has 1 fully saturated rings. The summed E-state index contributed by atoms with van der Waals surface area (Å²) in [6, 6.07) is 10.8. The lowest BCUT2D eigenvalue weighted by Crippen LogP contribution is -2.66. The van der Waals surface area contributed by atoms with E-state index in [-0.39, 0.29) is 30.2 Å². The van der Waals surface area contributed by atoms with Gasteiger partial charge in [0.15, 0.2) is 23.1 Å². The Morgan fingerprint density at radius 3 is 2.74 bits per heavy atom. The highest BCUT2D eigenvalue weighted by Gasteiger charge is 2.46. The number of carbonyl (C=O) groups is 1. The molecule has 0 radical (unpaired) electrons. The van der Waals surface area contributed by atoms with Gasteiger partial charge in [-0.05, 0) is 23.3 Å². The number of halogens is 2. The number of hydrogen-bond acceptors (Lipinski definition) is 6. The SMILES string of the molecule is O=C1c2c(O)c(=O)ccn2N(C2c3ccccc3SCc3c2ccc(F)c3F)[C@@H]2COCCN12. The third-order valence-electron chi connectivity index (χ3n) is 6.55. The molecule has 2 aromatic carbocycles. The lowest BCUT2D eigenvalue weighted by molar-refractivity contribution is -0.0197. The summed E-state index contributed by atoms with van der Waals surface area (Å²) in [6.45, 7) is 0.737. The van der Waals surface area contributed by atoms with Crippen LogP contribution < -0.4 is 10.4 Å². The summed E-state index contributed by atoms with van der Waals surface area (Å²) in [4.78, 5) is 28.0. The third kappa shape index (κ3) is 2.98. The van der Waals surface area contributed by atoms with Crippen molar-refractivity contribution in [2.75, 3.05) is 24.8 Å². The number of hydrogen-bond donors (Lipinski definition) is 1. The summed E-state index contributed by atoms with van der Waals surface area (Å²) in [6.07, 6.45) is 0.833. The smallest absolute Gasteiger partial charge is 0.278 e. The van der Waals surface area contributed by atoms with Crippen molar-refractivity contribution in [3.05, 3.63) is 92.9 Å². The van der Waals surface area contributed by atoms with Crippen LogP contribution in [-0.4, -0.2) is 46.5 Å². The Morgan fingerprint density at radius 1 is 1.06 bits per heavy atom. The van der Waals surface area contributed by atoms with Gasteiger partial charge in [0.2, 0.25) is 5.43 Å². The molecule has 1 unspecified atom stereocenters. The molecule has 2 atom stereocenters. The topological polar surface area (TPSA) is 75.0 Å². The number of nitrogens with zero attached hydrogens (tertiary/aromatic N) is 3. The molecule has 0 aliphatic carbocycles. The first-order chi connectivity index (χ1) is 16.5. The monoisotopic (exact) mass is 483 g/mol. The number of aromatic hydroxyl groups is 1.